The normalized spacial score (nSPS) is 17.6. The fourth-order valence-electron chi connectivity index (χ4n) is 2.27. The van der Waals surface area contributed by atoms with Crippen LogP contribution in [0.1, 0.15) is 31.4 Å². The molecule has 1 N–H and O–H groups in total. The Balaban J connectivity index is 2.04. The molecular weight excluding hydrogens is 232 g/mol. The largest absolute Gasteiger partial charge is 0.366 e. The van der Waals surface area contributed by atoms with E-state index in [-0.39, 0.29) is 0 Å². The summed E-state index contributed by atoms with van der Waals surface area (Å²) in [5.41, 5.74) is 0.377. The summed E-state index contributed by atoms with van der Waals surface area (Å²) in [6.07, 6.45) is 10.4. The monoisotopic (exact) mass is 248 g/mol. The second-order valence-corrected chi connectivity index (χ2v) is 5.59. The van der Waals surface area contributed by atoms with E-state index in [1.807, 2.05) is 11.8 Å². The molecule has 0 aliphatic heterocycles. The number of anilines is 1. The Hall–Kier alpha value is -1.28. The van der Waals surface area contributed by atoms with E-state index in [4.69, 9.17) is 5.26 Å². The van der Waals surface area contributed by atoms with E-state index in [9.17, 15) is 0 Å². The van der Waals surface area contributed by atoms with Crippen molar-refractivity contribution in [2.24, 2.45) is 0 Å². The molecule has 0 atom stereocenters. The highest BCUT2D eigenvalue weighted by molar-refractivity contribution is 8.00. The van der Waals surface area contributed by atoms with Crippen LogP contribution in [0.5, 0.6) is 0 Å². The standard InChI is InChI=1S/C12H16N4S/c1-17-12(4-2-3-5-12)9-16-11-10(8-13)14-6-7-15-11/h6-7H,2-5,9H2,1H3,(H,15,16). The van der Waals surface area contributed by atoms with Crippen molar-refractivity contribution in [2.75, 3.05) is 18.1 Å². The van der Waals surface area contributed by atoms with Crippen LogP contribution in [-0.4, -0.2) is 27.5 Å². The summed E-state index contributed by atoms with van der Waals surface area (Å²) in [5, 5.41) is 12.2. The molecule has 0 saturated heterocycles. The van der Waals surface area contributed by atoms with E-state index >= 15 is 0 Å². The van der Waals surface area contributed by atoms with Crippen LogP contribution in [0.4, 0.5) is 5.82 Å². The van der Waals surface area contributed by atoms with Gasteiger partial charge in [-0.15, -0.1) is 0 Å². The average Bonchev–Trinajstić information content (AvgIpc) is 2.86. The summed E-state index contributed by atoms with van der Waals surface area (Å²) in [7, 11) is 0. The number of nitrogens with one attached hydrogen (secondary N) is 1. The lowest BCUT2D eigenvalue weighted by molar-refractivity contribution is 0.638. The van der Waals surface area contributed by atoms with Gasteiger partial charge in [-0.1, -0.05) is 12.8 Å². The first-order valence-electron chi connectivity index (χ1n) is 5.80. The van der Waals surface area contributed by atoms with Gasteiger partial charge in [-0.2, -0.15) is 17.0 Å². The highest BCUT2D eigenvalue weighted by Gasteiger charge is 2.32. The molecule has 0 amide bonds. The molecular formula is C12H16N4S. The molecule has 0 spiro atoms. The topological polar surface area (TPSA) is 61.6 Å². The molecule has 1 aliphatic carbocycles. The molecule has 1 aliphatic rings. The molecule has 1 aromatic heterocycles. The second kappa shape index (κ2) is 5.37. The van der Waals surface area contributed by atoms with Gasteiger partial charge >= 0.3 is 0 Å². The molecule has 1 aromatic rings. The quantitative estimate of drug-likeness (QED) is 0.886. The zero-order valence-corrected chi connectivity index (χ0v) is 10.8. The van der Waals surface area contributed by atoms with Crippen LogP contribution in [0, 0.1) is 11.3 Å². The molecule has 17 heavy (non-hydrogen) atoms. The molecule has 5 heteroatoms. The van der Waals surface area contributed by atoms with E-state index in [1.165, 1.54) is 25.7 Å². The summed E-state index contributed by atoms with van der Waals surface area (Å²) < 4.78 is 0.310. The average molecular weight is 248 g/mol. The smallest absolute Gasteiger partial charge is 0.182 e. The van der Waals surface area contributed by atoms with Crippen LogP contribution in [-0.2, 0) is 0 Å². The third-order valence-corrected chi connectivity index (χ3v) is 4.75. The van der Waals surface area contributed by atoms with Gasteiger partial charge in [0.15, 0.2) is 11.5 Å². The Kier molecular flexibility index (Phi) is 3.85. The van der Waals surface area contributed by atoms with Crippen LogP contribution in [0.15, 0.2) is 12.4 Å². The van der Waals surface area contributed by atoms with Crippen LogP contribution in [0.2, 0.25) is 0 Å². The lowest BCUT2D eigenvalue weighted by atomic mass is 10.1. The fraction of sp³-hybridized carbons (Fsp3) is 0.583. The number of rotatable bonds is 4. The van der Waals surface area contributed by atoms with Crippen molar-refractivity contribution >= 4 is 17.6 Å². The Morgan fingerprint density at radius 2 is 2.12 bits per heavy atom. The molecule has 0 radical (unpaired) electrons. The van der Waals surface area contributed by atoms with Gasteiger partial charge in [0.25, 0.3) is 0 Å². The first-order valence-corrected chi connectivity index (χ1v) is 7.02. The zero-order chi connectivity index (χ0) is 12.1. The predicted octanol–water partition coefficient (Wildman–Crippen LogP) is 2.44. The number of thioether (sulfide) groups is 1. The van der Waals surface area contributed by atoms with Crippen LogP contribution < -0.4 is 5.32 Å². The molecule has 0 aromatic carbocycles. The number of nitrogens with zero attached hydrogens (tertiary/aromatic N) is 3. The molecule has 1 saturated carbocycles. The summed E-state index contributed by atoms with van der Waals surface area (Å²) in [5.74, 6) is 0.607. The van der Waals surface area contributed by atoms with Crippen molar-refractivity contribution < 1.29 is 0 Å². The van der Waals surface area contributed by atoms with E-state index < -0.39 is 0 Å². The van der Waals surface area contributed by atoms with Crippen LogP contribution in [0.3, 0.4) is 0 Å². The molecule has 1 fully saturated rings. The molecule has 2 rings (SSSR count). The highest BCUT2D eigenvalue weighted by Crippen LogP contribution is 2.40. The first-order chi connectivity index (χ1) is 8.29. The van der Waals surface area contributed by atoms with Gasteiger partial charge in [0, 0.05) is 23.7 Å². The zero-order valence-electron chi connectivity index (χ0n) is 9.94. The summed E-state index contributed by atoms with van der Waals surface area (Å²) in [6, 6.07) is 2.06. The Labute approximate surface area is 106 Å². The van der Waals surface area contributed by atoms with Gasteiger partial charge in [-0.3, -0.25) is 0 Å². The van der Waals surface area contributed by atoms with Crippen molar-refractivity contribution in [2.45, 2.75) is 30.4 Å². The lowest BCUT2D eigenvalue weighted by Gasteiger charge is -2.27. The van der Waals surface area contributed by atoms with E-state index in [1.54, 1.807) is 12.4 Å². The molecule has 90 valence electrons. The van der Waals surface area contributed by atoms with Gasteiger partial charge in [0.1, 0.15) is 6.07 Å². The third kappa shape index (κ3) is 2.70. The summed E-state index contributed by atoms with van der Waals surface area (Å²) in [4.78, 5) is 8.17. The highest BCUT2D eigenvalue weighted by atomic mass is 32.2. The van der Waals surface area contributed by atoms with E-state index in [0.29, 0.717) is 16.3 Å². The van der Waals surface area contributed by atoms with Crippen molar-refractivity contribution in [3.63, 3.8) is 0 Å². The van der Waals surface area contributed by atoms with Crippen molar-refractivity contribution in [3.05, 3.63) is 18.1 Å². The SMILES string of the molecule is CSC1(CNc2nccnc2C#N)CCCC1. The summed E-state index contributed by atoms with van der Waals surface area (Å²) >= 11 is 1.92. The van der Waals surface area contributed by atoms with Crippen LogP contribution >= 0.6 is 11.8 Å². The minimum atomic E-state index is 0.310. The minimum absolute atomic E-state index is 0.310. The van der Waals surface area contributed by atoms with Crippen LogP contribution in [0.25, 0.3) is 0 Å². The molecule has 1 heterocycles. The van der Waals surface area contributed by atoms with Crippen molar-refractivity contribution in [3.8, 4) is 6.07 Å². The lowest BCUT2D eigenvalue weighted by Crippen LogP contribution is -2.30. The number of hydrogen-bond donors (Lipinski definition) is 1. The maximum Gasteiger partial charge on any atom is 0.182 e. The Morgan fingerprint density at radius 1 is 1.41 bits per heavy atom. The number of nitriles is 1. The van der Waals surface area contributed by atoms with Gasteiger partial charge in [-0.05, 0) is 19.1 Å². The van der Waals surface area contributed by atoms with Crippen molar-refractivity contribution in [1.29, 1.82) is 5.26 Å². The molecule has 0 bridgehead atoms. The van der Waals surface area contributed by atoms with Gasteiger partial charge in [0.2, 0.25) is 0 Å². The minimum Gasteiger partial charge on any atom is -0.366 e. The maximum absolute atomic E-state index is 8.93. The van der Waals surface area contributed by atoms with E-state index in [2.05, 4.69) is 27.6 Å². The Morgan fingerprint density at radius 3 is 2.76 bits per heavy atom. The first kappa shape index (κ1) is 12.2. The predicted molar refractivity (Wildman–Crippen MR) is 70.0 cm³/mol. The maximum atomic E-state index is 8.93. The van der Waals surface area contributed by atoms with Gasteiger partial charge in [-0.25, -0.2) is 9.97 Å². The third-order valence-electron chi connectivity index (χ3n) is 3.33. The number of aromatic nitrogens is 2. The molecule has 0 unspecified atom stereocenters. The number of hydrogen-bond acceptors (Lipinski definition) is 5. The fourth-order valence-corrected chi connectivity index (χ4v) is 3.18. The van der Waals surface area contributed by atoms with E-state index in [0.717, 1.165) is 6.54 Å². The second-order valence-electron chi connectivity index (χ2n) is 4.31. The van der Waals surface area contributed by atoms with Gasteiger partial charge < -0.3 is 5.32 Å². The van der Waals surface area contributed by atoms with Gasteiger partial charge in [0.05, 0.1) is 0 Å². The molecule has 4 nitrogen and oxygen atoms in total. The Bertz CT molecular complexity index is 421. The summed E-state index contributed by atoms with van der Waals surface area (Å²) in [6.45, 7) is 0.863. The van der Waals surface area contributed by atoms with Crippen molar-refractivity contribution in [1.82, 2.24) is 9.97 Å².